The Kier molecular flexibility index (Phi) is 7.61. The Morgan fingerprint density at radius 1 is 0.621 bits per heavy atom. The van der Waals surface area contributed by atoms with Crippen molar-refractivity contribution >= 4 is 45.6 Å². The average Bonchev–Trinajstić information content (AvgIpc) is 2.73. The molecule has 3 N–H and O–H groups in total. The first-order chi connectivity index (χ1) is 14.2. The SMILES string of the molecule is Bc1cccc2ccc3cc4ccccc4cc3c12.OCCN(CCO)CCO. The summed E-state index contributed by atoms with van der Waals surface area (Å²) in [5, 5.41) is 33.5. The summed E-state index contributed by atoms with van der Waals surface area (Å²) in [7, 11) is 2.19. The molecular weight excluding hydrogens is 361 g/mol. The number of aliphatic hydroxyl groups is 3. The molecule has 0 bridgehead atoms. The Morgan fingerprint density at radius 3 is 1.79 bits per heavy atom. The number of aliphatic hydroxyl groups excluding tert-OH is 3. The second-order valence-corrected chi connectivity index (χ2v) is 7.17. The average molecular weight is 389 g/mol. The molecule has 0 atom stereocenters. The predicted molar refractivity (Wildman–Crippen MR) is 125 cm³/mol. The molecule has 0 aliphatic rings. The van der Waals surface area contributed by atoms with Gasteiger partial charge in [0.15, 0.2) is 0 Å². The Balaban J connectivity index is 0.000000207. The van der Waals surface area contributed by atoms with Crippen LogP contribution in [0.3, 0.4) is 0 Å². The first-order valence-corrected chi connectivity index (χ1v) is 10.0. The van der Waals surface area contributed by atoms with Crippen LogP contribution in [-0.2, 0) is 0 Å². The van der Waals surface area contributed by atoms with Crippen molar-refractivity contribution in [1.29, 1.82) is 0 Å². The molecule has 0 saturated carbocycles. The molecule has 0 aliphatic heterocycles. The number of benzene rings is 4. The molecule has 0 unspecified atom stereocenters. The smallest absolute Gasteiger partial charge is 0.140 e. The molecular formula is C24H28BNO3. The lowest BCUT2D eigenvalue weighted by molar-refractivity contribution is 0.136. The molecule has 4 nitrogen and oxygen atoms in total. The minimum atomic E-state index is 0.0694. The Bertz CT molecular complexity index is 1070. The topological polar surface area (TPSA) is 63.9 Å². The van der Waals surface area contributed by atoms with Crippen molar-refractivity contribution in [1.82, 2.24) is 4.90 Å². The third-order valence-corrected chi connectivity index (χ3v) is 5.18. The molecule has 0 aliphatic carbocycles. The van der Waals surface area contributed by atoms with Gasteiger partial charge in [0.05, 0.1) is 19.8 Å². The van der Waals surface area contributed by atoms with Crippen LogP contribution in [-0.4, -0.2) is 67.5 Å². The van der Waals surface area contributed by atoms with Crippen LogP contribution in [0.4, 0.5) is 0 Å². The lowest BCUT2D eigenvalue weighted by Crippen LogP contribution is -2.32. The van der Waals surface area contributed by atoms with Gasteiger partial charge in [-0.2, -0.15) is 0 Å². The van der Waals surface area contributed by atoms with Crippen LogP contribution in [0.25, 0.3) is 32.3 Å². The van der Waals surface area contributed by atoms with Crippen molar-refractivity contribution in [3.8, 4) is 0 Å². The van der Waals surface area contributed by atoms with E-state index in [1.165, 1.54) is 37.8 Å². The van der Waals surface area contributed by atoms with E-state index in [0.29, 0.717) is 19.6 Å². The molecule has 0 saturated heterocycles. The largest absolute Gasteiger partial charge is 0.395 e. The minimum Gasteiger partial charge on any atom is -0.395 e. The number of nitrogens with zero attached hydrogens (tertiary/aromatic N) is 1. The van der Waals surface area contributed by atoms with Crippen LogP contribution in [0.15, 0.2) is 66.7 Å². The molecule has 0 heterocycles. The van der Waals surface area contributed by atoms with Gasteiger partial charge in [0, 0.05) is 19.6 Å². The van der Waals surface area contributed by atoms with Gasteiger partial charge in [-0.25, -0.2) is 0 Å². The van der Waals surface area contributed by atoms with E-state index in [-0.39, 0.29) is 19.8 Å². The number of hydrogen-bond acceptors (Lipinski definition) is 4. The van der Waals surface area contributed by atoms with Crippen molar-refractivity contribution in [3.63, 3.8) is 0 Å². The van der Waals surface area contributed by atoms with Gasteiger partial charge in [-0.1, -0.05) is 60.1 Å². The second-order valence-electron chi connectivity index (χ2n) is 7.17. The fourth-order valence-electron chi connectivity index (χ4n) is 3.75. The summed E-state index contributed by atoms with van der Waals surface area (Å²) in [6.45, 7) is 1.75. The Morgan fingerprint density at radius 2 is 1.17 bits per heavy atom. The Labute approximate surface area is 172 Å². The van der Waals surface area contributed by atoms with E-state index in [2.05, 4.69) is 74.6 Å². The Hall–Kier alpha value is -2.44. The molecule has 5 heteroatoms. The lowest BCUT2D eigenvalue weighted by atomic mass is 9.87. The highest BCUT2D eigenvalue weighted by atomic mass is 16.3. The first-order valence-electron chi connectivity index (χ1n) is 10.0. The van der Waals surface area contributed by atoms with Gasteiger partial charge in [0.1, 0.15) is 7.85 Å². The van der Waals surface area contributed by atoms with Gasteiger partial charge in [-0.05, 0) is 44.5 Å². The van der Waals surface area contributed by atoms with E-state index in [9.17, 15) is 0 Å². The van der Waals surface area contributed by atoms with E-state index < -0.39 is 0 Å². The monoisotopic (exact) mass is 389 g/mol. The molecule has 4 aromatic rings. The lowest BCUT2D eigenvalue weighted by Gasteiger charge is -2.17. The highest BCUT2D eigenvalue weighted by molar-refractivity contribution is 6.41. The molecule has 0 fully saturated rings. The molecule has 150 valence electrons. The highest BCUT2D eigenvalue weighted by Gasteiger charge is 2.04. The maximum atomic E-state index is 8.48. The van der Waals surface area contributed by atoms with Crippen LogP contribution in [0.1, 0.15) is 0 Å². The maximum Gasteiger partial charge on any atom is 0.140 e. The van der Waals surface area contributed by atoms with Crippen LogP contribution in [0.5, 0.6) is 0 Å². The summed E-state index contributed by atoms with van der Waals surface area (Å²) >= 11 is 0. The molecule has 4 rings (SSSR count). The third-order valence-electron chi connectivity index (χ3n) is 5.18. The van der Waals surface area contributed by atoms with Crippen molar-refractivity contribution in [2.24, 2.45) is 0 Å². The summed E-state index contributed by atoms with van der Waals surface area (Å²) in [5.41, 5.74) is 1.35. The summed E-state index contributed by atoms with van der Waals surface area (Å²) in [4.78, 5) is 1.79. The number of fused-ring (bicyclic) bond motifs is 4. The quantitative estimate of drug-likeness (QED) is 0.267. The summed E-state index contributed by atoms with van der Waals surface area (Å²) < 4.78 is 0. The van der Waals surface area contributed by atoms with Gasteiger partial charge in [0.2, 0.25) is 0 Å². The normalized spacial score (nSPS) is 11.2. The van der Waals surface area contributed by atoms with Crippen molar-refractivity contribution in [2.45, 2.75) is 0 Å². The van der Waals surface area contributed by atoms with Gasteiger partial charge in [-0.15, -0.1) is 0 Å². The third kappa shape index (κ3) is 5.14. The predicted octanol–water partition coefficient (Wildman–Crippen LogP) is 1.67. The molecule has 29 heavy (non-hydrogen) atoms. The summed E-state index contributed by atoms with van der Waals surface area (Å²) in [6.07, 6.45) is 0. The van der Waals surface area contributed by atoms with Crippen LogP contribution >= 0.6 is 0 Å². The van der Waals surface area contributed by atoms with E-state index in [1.807, 2.05) is 0 Å². The minimum absolute atomic E-state index is 0.0694. The van der Waals surface area contributed by atoms with E-state index >= 15 is 0 Å². The van der Waals surface area contributed by atoms with E-state index in [1.54, 1.807) is 4.90 Å². The molecule has 0 spiro atoms. The van der Waals surface area contributed by atoms with Crippen LogP contribution in [0.2, 0.25) is 0 Å². The van der Waals surface area contributed by atoms with Crippen molar-refractivity contribution in [2.75, 3.05) is 39.5 Å². The van der Waals surface area contributed by atoms with Gasteiger partial charge >= 0.3 is 0 Å². The van der Waals surface area contributed by atoms with Gasteiger partial charge in [0.25, 0.3) is 0 Å². The first kappa shape index (κ1) is 21.3. The number of rotatable bonds is 6. The van der Waals surface area contributed by atoms with E-state index in [0.717, 1.165) is 0 Å². The van der Waals surface area contributed by atoms with Gasteiger partial charge < -0.3 is 15.3 Å². The maximum absolute atomic E-state index is 8.48. The zero-order valence-electron chi connectivity index (χ0n) is 16.9. The van der Waals surface area contributed by atoms with Gasteiger partial charge in [-0.3, -0.25) is 4.90 Å². The zero-order valence-corrected chi connectivity index (χ0v) is 16.9. The fourth-order valence-corrected chi connectivity index (χ4v) is 3.75. The van der Waals surface area contributed by atoms with E-state index in [4.69, 9.17) is 15.3 Å². The van der Waals surface area contributed by atoms with Crippen molar-refractivity contribution < 1.29 is 15.3 Å². The molecule has 0 radical (unpaired) electrons. The van der Waals surface area contributed by atoms with Crippen LogP contribution in [0, 0.1) is 0 Å². The number of hydrogen-bond donors (Lipinski definition) is 3. The summed E-state index contributed by atoms with van der Waals surface area (Å²) in [5.74, 6) is 0. The van der Waals surface area contributed by atoms with Crippen molar-refractivity contribution in [3.05, 3.63) is 66.7 Å². The molecule has 0 aromatic heterocycles. The molecule has 4 aromatic carbocycles. The zero-order chi connectivity index (χ0) is 20.6. The van der Waals surface area contributed by atoms with Crippen LogP contribution < -0.4 is 5.46 Å². The highest BCUT2D eigenvalue weighted by Crippen LogP contribution is 2.28. The standard InChI is InChI=1S/C18H13B.C6H15NO3/c19-17-7-3-6-12-8-9-15-10-13-4-1-2-5-14(13)11-16(15)18(12)17;8-4-1-7(2-5-9)3-6-10/h1-11H,19H2;8-10H,1-6H2. The fraction of sp³-hybridized carbons (Fsp3) is 0.250. The summed E-state index contributed by atoms with van der Waals surface area (Å²) in [6, 6.07) is 24.1. The second kappa shape index (κ2) is 10.4. The molecule has 0 amide bonds.